The van der Waals surface area contributed by atoms with Crippen LogP contribution >= 0.6 is 0 Å². The molecule has 4 nitrogen and oxygen atoms in total. The zero-order chi connectivity index (χ0) is 8.15. The molecule has 0 aliphatic heterocycles. The number of aliphatic hydroxyl groups is 2. The molecule has 0 radical (unpaired) electrons. The molecular weight excluding hydrogens is 134 g/mol. The SMILES string of the molecule is CC(O)C(C)C(CO)NO. The summed E-state index contributed by atoms with van der Waals surface area (Å²) in [5.41, 5.74) is 1.92. The van der Waals surface area contributed by atoms with E-state index in [1.54, 1.807) is 13.8 Å². The zero-order valence-electron chi connectivity index (χ0n) is 6.28. The fraction of sp³-hybridized carbons (Fsp3) is 1.00. The molecule has 0 fully saturated rings. The van der Waals surface area contributed by atoms with Crippen LogP contribution in [0.15, 0.2) is 0 Å². The standard InChI is InChI=1S/C6H15NO3/c1-4(5(2)9)6(3-8)7-10/h4-10H,3H2,1-2H3. The van der Waals surface area contributed by atoms with Gasteiger partial charge in [-0.25, -0.2) is 0 Å². The lowest BCUT2D eigenvalue weighted by molar-refractivity contribution is 0.0213. The molecule has 0 bridgehead atoms. The van der Waals surface area contributed by atoms with Crippen LogP contribution in [0.4, 0.5) is 0 Å². The molecular formula is C6H15NO3. The van der Waals surface area contributed by atoms with Gasteiger partial charge in [-0.3, -0.25) is 0 Å². The van der Waals surface area contributed by atoms with Gasteiger partial charge in [0, 0.05) is 5.92 Å². The summed E-state index contributed by atoms with van der Waals surface area (Å²) in [4.78, 5) is 0. The summed E-state index contributed by atoms with van der Waals surface area (Å²) in [6.45, 7) is 3.18. The Morgan fingerprint density at radius 3 is 2.00 bits per heavy atom. The first-order chi connectivity index (χ1) is 4.63. The molecule has 0 aromatic rings. The summed E-state index contributed by atoms with van der Waals surface area (Å²) < 4.78 is 0. The van der Waals surface area contributed by atoms with Gasteiger partial charge in [0.2, 0.25) is 0 Å². The van der Waals surface area contributed by atoms with Gasteiger partial charge in [0.15, 0.2) is 0 Å². The van der Waals surface area contributed by atoms with E-state index in [-0.39, 0.29) is 12.5 Å². The van der Waals surface area contributed by atoms with Crippen molar-refractivity contribution in [1.29, 1.82) is 0 Å². The van der Waals surface area contributed by atoms with E-state index < -0.39 is 12.1 Å². The van der Waals surface area contributed by atoms with E-state index in [2.05, 4.69) is 0 Å². The number of rotatable bonds is 4. The maximum absolute atomic E-state index is 8.99. The molecule has 0 saturated carbocycles. The zero-order valence-corrected chi connectivity index (χ0v) is 6.28. The average molecular weight is 149 g/mol. The average Bonchev–Trinajstić information content (AvgIpc) is 1.90. The highest BCUT2D eigenvalue weighted by molar-refractivity contribution is 4.72. The second kappa shape index (κ2) is 4.62. The predicted octanol–water partition coefficient (Wildman–Crippen LogP) is -0.657. The Morgan fingerprint density at radius 1 is 1.40 bits per heavy atom. The van der Waals surface area contributed by atoms with E-state index in [0.29, 0.717) is 0 Å². The molecule has 0 aromatic heterocycles. The Bertz CT molecular complexity index is 83.1. The molecule has 3 atom stereocenters. The topological polar surface area (TPSA) is 72.7 Å². The van der Waals surface area contributed by atoms with Crippen LogP contribution in [0.3, 0.4) is 0 Å². The molecule has 3 unspecified atom stereocenters. The summed E-state index contributed by atoms with van der Waals surface area (Å²) in [7, 11) is 0. The lowest BCUT2D eigenvalue weighted by atomic mass is 9.98. The molecule has 0 heterocycles. The van der Waals surface area contributed by atoms with Gasteiger partial charge in [0.1, 0.15) is 0 Å². The van der Waals surface area contributed by atoms with Gasteiger partial charge in [-0.15, -0.1) is 0 Å². The fourth-order valence-corrected chi connectivity index (χ4v) is 0.661. The first-order valence-corrected chi connectivity index (χ1v) is 3.32. The molecule has 0 spiro atoms. The van der Waals surface area contributed by atoms with E-state index in [1.807, 2.05) is 5.48 Å². The van der Waals surface area contributed by atoms with Crippen molar-refractivity contribution in [2.24, 2.45) is 5.92 Å². The van der Waals surface area contributed by atoms with Crippen LogP contribution in [0.2, 0.25) is 0 Å². The molecule has 62 valence electrons. The molecule has 0 aromatic carbocycles. The van der Waals surface area contributed by atoms with Gasteiger partial charge in [-0.2, -0.15) is 5.48 Å². The van der Waals surface area contributed by atoms with Crippen molar-refractivity contribution < 1.29 is 15.4 Å². The van der Waals surface area contributed by atoms with Crippen LogP contribution in [-0.2, 0) is 0 Å². The summed E-state index contributed by atoms with van der Waals surface area (Å²) in [5, 5.41) is 26.0. The molecule has 0 aliphatic rings. The molecule has 0 aliphatic carbocycles. The number of hydrogen-bond donors (Lipinski definition) is 4. The normalized spacial score (nSPS) is 20.1. The van der Waals surface area contributed by atoms with Crippen LogP contribution in [-0.4, -0.2) is 34.2 Å². The monoisotopic (exact) mass is 149 g/mol. The third-order valence-electron chi connectivity index (χ3n) is 1.76. The van der Waals surface area contributed by atoms with Gasteiger partial charge in [-0.1, -0.05) is 6.92 Å². The summed E-state index contributed by atoms with van der Waals surface area (Å²) in [6.07, 6.45) is -0.531. The maximum atomic E-state index is 8.99. The minimum absolute atomic E-state index is 0.157. The predicted molar refractivity (Wildman–Crippen MR) is 36.6 cm³/mol. The van der Waals surface area contributed by atoms with Crippen molar-refractivity contribution in [2.45, 2.75) is 26.0 Å². The van der Waals surface area contributed by atoms with Crippen LogP contribution in [0, 0.1) is 5.92 Å². The van der Waals surface area contributed by atoms with Gasteiger partial charge >= 0.3 is 0 Å². The smallest absolute Gasteiger partial charge is 0.0611 e. The molecule has 4 N–H and O–H groups in total. The third-order valence-corrected chi connectivity index (χ3v) is 1.76. The number of nitrogens with one attached hydrogen (secondary N) is 1. The van der Waals surface area contributed by atoms with Crippen molar-refractivity contribution in [1.82, 2.24) is 5.48 Å². The molecule has 10 heavy (non-hydrogen) atoms. The van der Waals surface area contributed by atoms with Gasteiger partial charge in [0.25, 0.3) is 0 Å². The van der Waals surface area contributed by atoms with Crippen LogP contribution in [0.5, 0.6) is 0 Å². The Labute approximate surface area is 60.5 Å². The maximum Gasteiger partial charge on any atom is 0.0611 e. The van der Waals surface area contributed by atoms with Crippen molar-refractivity contribution in [3.63, 3.8) is 0 Å². The van der Waals surface area contributed by atoms with E-state index in [0.717, 1.165) is 0 Å². The number of hydrogen-bond acceptors (Lipinski definition) is 4. The first kappa shape index (κ1) is 9.84. The highest BCUT2D eigenvalue weighted by Crippen LogP contribution is 2.06. The Morgan fingerprint density at radius 2 is 1.90 bits per heavy atom. The molecule has 0 amide bonds. The second-order valence-electron chi connectivity index (χ2n) is 2.52. The van der Waals surface area contributed by atoms with Crippen LogP contribution < -0.4 is 5.48 Å². The second-order valence-corrected chi connectivity index (χ2v) is 2.52. The lowest BCUT2D eigenvalue weighted by Gasteiger charge is -2.22. The minimum Gasteiger partial charge on any atom is -0.395 e. The highest BCUT2D eigenvalue weighted by atomic mass is 16.5. The van der Waals surface area contributed by atoms with Crippen LogP contribution in [0.25, 0.3) is 0 Å². The Kier molecular flexibility index (Phi) is 4.55. The van der Waals surface area contributed by atoms with Crippen molar-refractivity contribution in [3.05, 3.63) is 0 Å². The molecule has 0 saturated heterocycles. The van der Waals surface area contributed by atoms with Gasteiger partial charge in [-0.05, 0) is 6.92 Å². The highest BCUT2D eigenvalue weighted by Gasteiger charge is 2.19. The van der Waals surface area contributed by atoms with Crippen molar-refractivity contribution in [3.8, 4) is 0 Å². The third kappa shape index (κ3) is 2.62. The Balaban J connectivity index is 3.76. The quantitative estimate of drug-likeness (QED) is 0.400. The van der Waals surface area contributed by atoms with E-state index in [1.165, 1.54) is 0 Å². The fourth-order valence-electron chi connectivity index (χ4n) is 0.661. The molecule has 0 rings (SSSR count). The van der Waals surface area contributed by atoms with Gasteiger partial charge in [0.05, 0.1) is 18.8 Å². The number of hydroxylamine groups is 1. The lowest BCUT2D eigenvalue weighted by Crippen LogP contribution is -2.40. The minimum atomic E-state index is -0.531. The summed E-state index contributed by atoms with van der Waals surface area (Å²) in [5.74, 6) is -0.157. The first-order valence-electron chi connectivity index (χ1n) is 3.32. The Hall–Kier alpha value is -0.160. The number of aliphatic hydroxyl groups excluding tert-OH is 2. The summed E-state index contributed by atoms with van der Waals surface area (Å²) >= 11 is 0. The van der Waals surface area contributed by atoms with E-state index in [4.69, 9.17) is 15.4 Å². The van der Waals surface area contributed by atoms with Crippen LogP contribution in [0.1, 0.15) is 13.8 Å². The van der Waals surface area contributed by atoms with Crippen molar-refractivity contribution in [2.75, 3.05) is 6.61 Å². The largest absolute Gasteiger partial charge is 0.395 e. The summed E-state index contributed by atoms with van der Waals surface area (Å²) in [6, 6.07) is -0.444. The van der Waals surface area contributed by atoms with E-state index in [9.17, 15) is 0 Å². The van der Waals surface area contributed by atoms with E-state index >= 15 is 0 Å². The van der Waals surface area contributed by atoms with Gasteiger partial charge < -0.3 is 15.4 Å². The van der Waals surface area contributed by atoms with Crippen molar-refractivity contribution >= 4 is 0 Å². The molecule has 4 heteroatoms.